The summed E-state index contributed by atoms with van der Waals surface area (Å²) < 4.78 is 12.3. The molecular formula is C22H31IN4OS. The van der Waals surface area contributed by atoms with E-state index in [-0.39, 0.29) is 24.0 Å². The van der Waals surface area contributed by atoms with Gasteiger partial charge in [0.05, 0.1) is 17.3 Å². The van der Waals surface area contributed by atoms with E-state index in [9.17, 15) is 4.21 Å². The molecule has 0 aliphatic carbocycles. The lowest BCUT2D eigenvalue weighted by atomic mass is 10.0. The minimum atomic E-state index is -1.01. The Bertz CT molecular complexity index is 765. The number of nitrogens with zero attached hydrogens (tertiary/aromatic N) is 2. The van der Waals surface area contributed by atoms with Gasteiger partial charge in [0.15, 0.2) is 5.96 Å². The number of aliphatic imine (C=N–C) groups is 1. The fourth-order valence-corrected chi connectivity index (χ4v) is 4.32. The van der Waals surface area contributed by atoms with Crippen LogP contribution in [0.2, 0.25) is 0 Å². The van der Waals surface area contributed by atoms with Crippen molar-refractivity contribution < 1.29 is 4.21 Å². The monoisotopic (exact) mass is 526 g/mol. The number of hydrogen-bond donors (Lipinski definition) is 2. The van der Waals surface area contributed by atoms with Gasteiger partial charge < -0.3 is 15.5 Å². The predicted molar refractivity (Wildman–Crippen MR) is 134 cm³/mol. The summed E-state index contributed by atoms with van der Waals surface area (Å²) in [5.41, 5.74) is 1.30. The lowest BCUT2D eigenvalue weighted by Gasteiger charge is -2.34. The van der Waals surface area contributed by atoms with Crippen LogP contribution in [0, 0.1) is 0 Å². The van der Waals surface area contributed by atoms with Crippen LogP contribution in [0.3, 0.4) is 0 Å². The highest BCUT2D eigenvalue weighted by atomic mass is 127. The Balaban J connectivity index is 0.00000300. The van der Waals surface area contributed by atoms with E-state index in [1.54, 1.807) is 0 Å². The molecule has 5 nitrogen and oxygen atoms in total. The molecular weight excluding hydrogens is 495 g/mol. The summed E-state index contributed by atoms with van der Waals surface area (Å²) in [5, 5.41) is 6.87. The first-order chi connectivity index (χ1) is 13.8. The van der Waals surface area contributed by atoms with Crippen molar-refractivity contribution >= 4 is 46.4 Å². The van der Waals surface area contributed by atoms with Gasteiger partial charge in [-0.2, -0.15) is 0 Å². The molecule has 158 valence electrons. The van der Waals surface area contributed by atoms with Crippen molar-refractivity contribution in [2.45, 2.75) is 30.7 Å². The molecule has 0 bridgehead atoms. The number of hydrogen-bond acceptors (Lipinski definition) is 3. The molecule has 0 amide bonds. The van der Waals surface area contributed by atoms with Gasteiger partial charge in [-0.3, -0.25) is 9.20 Å². The van der Waals surface area contributed by atoms with Crippen LogP contribution in [0.5, 0.6) is 0 Å². The molecule has 1 aliphatic heterocycles. The van der Waals surface area contributed by atoms with E-state index < -0.39 is 10.8 Å². The standard InChI is InChI=1S/C22H30N4OS.HI/c1-2-23-22(24-15-18-28(27)21-11-7-4-8-12-21)25-19-13-16-26(17-14-19)20-9-5-3-6-10-20;/h3-12,19H,2,13-18H2,1H3,(H2,23,24,25);1H. The van der Waals surface area contributed by atoms with E-state index >= 15 is 0 Å². The topological polar surface area (TPSA) is 56.7 Å². The van der Waals surface area contributed by atoms with Crippen LogP contribution in [-0.2, 0) is 10.8 Å². The zero-order valence-electron chi connectivity index (χ0n) is 16.9. The van der Waals surface area contributed by atoms with Gasteiger partial charge in [0.25, 0.3) is 0 Å². The molecule has 1 fully saturated rings. The van der Waals surface area contributed by atoms with Crippen molar-refractivity contribution in [2.75, 3.05) is 36.8 Å². The molecule has 2 N–H and O–H groups in total. The van der Waals surface area contributed by atoms with Crippen LogP contribution in [-0.4, -0.2) is 48.1 Å². The van der Waals surface area contributed by atoms with E-state index in [0.29, 0.717) is 18.3 Å². The average molecular weight is 526 g/mol. The quantitative estimate of drug-likeness (QED) is 0.329. The summed E-state index contributed by atoms with van der Waals surface area (Å²) in [5.74, 6) is 1.36. The lowest BCUT2D eigenvalue weighted by Crippen LogP contribution is -2.48. The molecule has 3 rings (SSSR count). The van der Waals surface area contributed by atoms with Crippen LogP contribution in [0.15, 0.2) is 70.6 Å². The second-order valence-electron chi connectivity index (χ2n) is 6.86. The van der Waals surface area contributed by atoms with Crippen molar-refractivity contribution in [2.24, 2.45) is 4.99 Å². The van der Waals surface area contributed by atoms with Gasteiger partial charge in [-0.1, -0.05) is 36.4 Å². The normalized spacial score (nSPS) is 16.0. The van der Waals surface area contributed by atoms with Crippen molar-refractivity contribution in [3.05, 3.63) is 60.7 Å². The molecule has 1 atom stereocenters. The summed E-state index contributed by atoms with van der Waals surface area (Å²) >= 11 is 0. The van der Waals surface area contributed by atoms with E-state index in [0.717, 1.165) is 43.3 Å². The molecule has 1 saturated heterocycles. The molecule has 0 radical (unpaired) electrons. The SMILES string of the molecule is CCNC(=NCCS(=O)c1ccccc1)NC1CCN(c2ccccc2)CC1.I. The molecule has 29 heavy (non-hydrogen) atoms. The van der Waals surface area contributed by atoms with E-state index in [1.165, 1.54) is 5.69 Å². The van der Waals surface area contributed by atoms with Crippen molar-refractivity contribution in [3.63, 3.8) is 0 Å². The number of anilines is 1. The average Bonchev–Trinajstić information content (AvgIpc) is 2.75. The number of nitrogens with one attached hydrogen (secondary N) is 2. The first kappa shape index (κ1) is 23.7. The molecule has 7 heteroatoms. The van der Waals surface area contributed by atoms with Crippen LogP contribution >= 0.6 is 24.0 Å². The Morgan fingerprint density at radius 2 is 1.69 bits per heavy atom. The zero-order chi connectivity index (χ0) is 19.6. The van der Waals surface area contributed by atoms with Crippen molar-refractivity contribution in [1.29, 1.82) is 0 Å². The molecule has 0 spiro atoms. The molecule has 0 aromatic heterocycles. The minimum Gasteiger partial charge on any atom is -0.371 e. The maximum absolute atomic E-state index is 12.3. The number of para-hydroxylation sites is 1. The number of benzene rings is 2. The van der Waals surface area contributed by atoms with Crippen molar-refractivity contribution in [1.82, 2.24) is 10.6 Å². The van der Waals surface area contributed by atoms with Crippen LogP contribution in [0.25, 0.3) is 0 Å². The maximum atomic E-state index is 12.3. The summed E-state index contributed by atoms with van der Waals surface area (Å²) in [7, 11) is -1.01. The summed E-state index contributed by atoms with van der Waals surface area (Å²) in [4.78, 5) is 7.94. The van der Waals surface area contributed by atoms with Gasteiger partial charge in [-0.25, -0.2) is 0 Å². The van der Waals surface area contributed by atoms with Gasteiger partial charge in [0.2, 0.25) is 0 Å². The van der Waals surface area contributed by atoms with E-state index in [4.69, 9.17) is 0 Å². The Kier molecular flexibility index (Phi) is 10.5. The summed E-state index contributed by atoms with van der Waals surface area (Å²) in [6.45, 7) is 5.51. The maximum Gasteiger partial charge on any atom is 0.191 e. The molecule has 2 aromatic carbocycles. The summed E-state index contributed by atoms with van der Waals surface area (Å²) in [6.07, 6.45) is 2.16. The number of rotatable bonds is 7. The minimum absolute atomic E-state index is 0. The second-order valence-corrected chi connectivity index (χ2v) is 8.44. The molecule has 1 unspecified atom stereocenters. The molecule has 2 aromatic rings. The largest absolute Gasteiger partial charge is 0.371 e. The van der Waals surface area contributed by atoms with Gasteiger partial charge in [0.1, 0.15) is 0 Å². The zero-order valence-corrected chi connectivity index (χ0v) is 20.1. The Morgan fingerprint density at radius 3 is 2.31 bits per heavy atom. The first-order valence-electron chi connectivity index (χ1n) is 10.0. The Morgan fingerprint density at radius 1 is 1.07 bits per heavy atom. The Labute approximate surface area is 193 Å². The Hall–Kier alpha value is -1.61. The van der Waals surface area contributed by atoms with Crippen LogP contribution in [0.4, 0.5) is 5.69 Å². The van der Waals surface area contributed by atoms with E-state index in [1.807, 2.05) is 30.3 Å². The third kappa shape index (κ3) is 7.62. The summed E-state index contributed by atoms with van der Waals surface area (Å²) in [6, 6.07) is 20.6. The second kappa shape index (κ2) is 12.8. The number of halogens is 1. The fourth-order valence-electron chi connectivity index (χ4n) is 3.36. The van der Waals surface area contributed by atoms with Gasteiger partial charge >= 0.3 is 0 Å². The van der Waals surface area contributed by atoms with Gasteiger partial charge in [0, 0.05) is 42.0 Å². The van der Waals surface area contributed by atoms with Gasteiger partial charge in [-0.15, -0.1) is 24.0 Å². The third-order valence-electron chi connectivity index (χ3n) is 4.85. The third-order valence-corrected chi connectivity index (χ3v) is 6.21. The smallest absolute Gasteiger partial charge is 0.191 e. The van der Waals surface area contributed by atoms with E-state index in [2.05, 4.69) is 57.8 Å². The fraction of sp³-hybridized carbons (Fsp3) is 0.409. The predicted octanol–water partition coefficient (Wildman–Crippen LogP) is 3.64. The van der Waals surface area contributed by atoms with Crippen molar-refractivity contribution in [3.8, 4) is 0 Å². The highest BCUT2D eigenvalue weighted by Crippen LogP contribution is 2.19. The van der Waals surface area contributed by atoms with Gasteiger partial charge in [-0.05, 0) is 44.0 Å². The highest BCUT2D eigenvalue weighted by Gasteiger charge is 2.20. The highest BCUT2D eigenvalue weighted by molar-refractivity contribution is 14.0. The first-order valence-corrected chi connectivity index (χ1v) is 11.4. The number of guanidine groups is 1. The van der Waals surface area contributed by atoms with Crippen LogP contribution in [0.1, 0.15) is 19.8 Å². The lowest BCUT2D eigenvalue weighted by molar-refractivity contribution is 0.461. The van der Waals surface area contributed by atoms with Crippen LogP contribution < -0.4 is 15.5 Å². The molecule has 1 heterocycles. The number of piperidine rings is 1. The molecule has 1 aliphatic rings. The molecule has 0 saturated carbocycles.